The molecule has 2 aromatic carbocycles. The number of fused-ring (bicyclic) bond motifs is 3. The lowest BCUT2D eigenvalue weighted by Crippen LogP contribution is -2.36. The molecule has 2 aromatic rings. The number of halogens is 1. The number of carboxylic acids is 1. The number of anilines is 1. The lowest BCUT2D eigenvalue weighted by Gasteiger charge is -2.21. The summed E-state index contributed by atoms with van der Waals surface area (Å²) in [5.74, 6) is -1.07. The van der Waals surface area contributed by atoms with Gasteiger partial charge in [-0.1, -0.05) is 18.2 Å². The highest BCUT2D eigenvalue weighted by atomic mass is 32.2. The lowest BCUT2D eigenvalue weighted by molar-refractivity contribution is 0.0692. The van der Waals surface area contributed by atoms with E-state index in [9.17, 15) is 27.8 Å². The summed E-state index contributed by atoms with van der Waals surface area (Å²) in [4.78, 5) is 11.9. The van der Waals surface area contributed by atoms with E-state index in [2.05, 4.69) is 10.1 Å². The van der Waals surface area contributed by atoms with Crippen molar-refractivity contribution in [3.8, 4) is 5.75 Å². The van der Waals surface area contributed by atoms with Crippen molar-refractivity contribution in [3.05, 3.63) is 58.9 Å². The number of sulfonamides is 1. The summed E-state index contributed by atoms with van der Waals surface area (Å²) < 4.78 is 48.6. The van der Waals surface area contributed by atoms with Gasteiger partial charge in [0.05, 0.1) is 23.3 Å². The molecule has 9 nitrogen and oxygen atoms in total. The van der Waals surface area contributed by atoms with Crippen LogP contribution in [0.2, 0.25) is 0 Å². The number of hydrogen-bond acceptors (Lipinski definition) is 7. The number of nitrogens with one attached hydrogen (secondary N) is 2. The van der Waals surface area contributed by atoms with Gasteiger partial charge in [-0.15, -0.1) is 0 Å². The second-order valence-corrected chi connectivity index (χ2v) is 10.7. The lowest BCUT2D eigenvalue weighted by atomic mass is 10.0. The Balaban J connectivity index is 1.39. The van der Waals surface area contributed by atoms with Crippen molar-refractivity contribution in [1.82, 2.24) is 10.4 Å². The van der Waals surface area contributed by atoms with E-state index in [1.165, 1.54) is 12.1 Å². The van der Waals surface area contributed by atoms with E-state index in [1.54, 1.807) is 12.1 Å². The molecule has 5 rings (SSSR count). The summed E-state index contributed by atoms with van der Waals surface area (Å²) in [6.45, 7) is 1.95. The average molecular weight is 504 g/mol. The Hall–Kier alpha value is -2.99. The molecule has 0 amide bonds. The number of aliphatic hydroxyl groups excluding tert-OH is 1. The summed E-state index contributed by atoms with van der Waals surface area (Å²) in [5.41, 5.74) is 3.66. The summed E-state index contributed by atoms with van der Waals surface area (Å²) in [7, 11) is -4.26. The summed E-state index contributed by atoms with van der Waals surface area (Å²) >= 11 is 0. The SMILES string of the molecule is O=C(O)c1c(NS(=O)(=O)c2ccc(F)cc2/C=C\CNN2CC[C@@H](O)C2)ccc2c1OCC1CC21. The predicted octanol–water partition coefficient (Wildman–Crippen LogP) is 2.41. The first-order chi connectivity index (χ1) is 16.7. The molecule has 0 bridgehead atoms. The molecule has 2 unspecified atom stereocenters. The van der Waals surface area contributed by atoms with E-state index in [-0.39, 0.29) is 39.5 Å². The molecular formula is C24H26FN3O6S. The van der Waals surface area contributed by atoms with Crippen LogP contribution in [-0.4, -0.2) is 62.0 Å². The second kappa shape index (κ2) is 9.23. The van der Waals surface area contributed by atoms with Gasteiger partial charge in [0.25, 0.3) is 10.0 Å². The Bertz CT molecular complexity index is 1300. The van der Waals surface area contributed by atoms with Gasteiger partial charge in [0, 0.05) is 25.6 Å². The van der Waals surface area contributed by atoms with Crippen LogP contribution in [0.25, 0.3) is 6.08 Å². The molecule has 0 radical (unpaired) electrons. The summed E-state index contributed by atoms with van der Waals surface area (Å²) in [6.07, 6.45) is 4.35. The van der Waals surface area contributed by atoms with E-state index in [0.717, 1.165) is 30.2 Å². The van der Waals surface area contributed by atoms with Crippen molar-refractivity contribution in [2.45, 2.75) is 29.8 Å². The van der Waals surface area contributed by atoms with Gasteiger partial charge in [0.15, 0.2) is 0 Å². The van der Waals surface area contributed by atoms with Gasteiger partial charge >= 0.3 is 5.97 Å². The molecule has 11 heteroatoms. The molecule has 2 aliphatic heterocycles. The molecular weight excluding hydrogens is 477 g/mol. The molecule has 2 heterocycles. The molecule has 35 heavy (non-hydrogen) atoms. The number of aliphatic hydroxyl groups is 1. The van der Waals surface area contributed by atoms with Crippen LogP contribution < -0.4 is 14.9 Å². The number of nitrogens with zero attached hydrogens (tertiary/aromatic N) is 1. The molecule has 3 atom stereocenters. The average Bonchev–Trinajstić information content (AvgIpc) is 3.49. The number of rotatable bonds is 8. The minimum atomic E-state index is -4.26. The maximum absolute atomic E-state index is 14.0. The minimum absolute atomic E-state index is 0.108. The van der Waals surface area contributed by atoms with Crippen LogP contribution in [0.4, 0.5) is 10.1 Å². The molecule has 0 aromatic heterocycles. The van der Waals surface area contributed by atoms with E-state index in [0.29, 0.717) is 38.6 Å². The van der Waals surface area contributed by atoms with Crippen LogP contribution >= 0.6 is 0 Å². The van der Waals surface area contributed by atoms with Crippen molar-refractivity contribution in [2.75, 3.05) is 31.0 Å². The molecule has 1 saturated carbocycles. The zero-order valence-electron chi connectivity index (χ0n) is 18.8. The largest absolute Gasteiger partial charge is 0.492 e. The quantitative estimate of drug-likeness (QED) is 0.433. The first kappa shape index (κ1) is 23.7. The smallest absolute Gasteiger partial charge is 0.341 e. The Morgan fingerprint density at radius 1 is 1.29 bits per heavy atom. The van der Waals surface area contributed by atoms with Crippen molar-refractivity contribution in [3.63, 3.8) is 0 Å². The molecule has 4 N–H and O–H groups in total. The Labute approximate surface area is 202 Å². The van der Waals surface area contributed by atoms with Gasteiger partial charge in [0.2, 0.25) is 0 Å². The van der Waals surface area contributed by atoms with Gasteiger partial charge in [-0.3, -0.25) is 10.1 Å². The monoisotopic (exact) mass is 503 g/mol. The van der Waals surface area contributed by atoms with Gasteiger partial charge in [-0.05, 0) is 54.2 Å². The molecule has 1 aliphatic carbocycles. The van der Waals surface area contributed by atoms with Crippen molar-refractivity contribution >= 4 is 27.8 Å². The van der Waals surface area contributed by atoms with E-state index < -0.39 is 21.8 Å². The molecule has 3 aliphatic rings. The number of β-amino-alcohol motifs (C(OH)–C–C–N with tert-alkyl or cyclic N) is 1. The third-order valence-corrected chi connectivity index (χ3v) is 8.00. The zero-order chi connectivity index (χ0) is 24.7. The maximum Gasteiger partial charge on any atom is 0.341 e. The minimum Gasteiger partial charge on any atom is -0.492 e. The van der Waals surface area contributed by atoms with Crippen LogP contribution in [-0.2, 0) is 10.0 Å². The van der Waals surface area contributed by atoms with Crippen LogP contribution in [0.3, 0.4) is 0 Å². The number of ether oxygens (including phenoxy) is 1. The molecule has 1 saturated heterocycles. The van der Waals surface area contributed by atoms with Gasteiger partial charge in [-0.2, -0.15) is 0 Å². The number of carboxylic acid groups (broad SMARTS) is 1. The topological polar surface area (TPSA) is 128 Å². The predicted molar refractivity (Wildman–Crippen MR) is 126 cm³/mol. The number of hydrogen-bond donors (Lipinski definition) is 4. The third-order valence-electron chi connectivity index (χ3n) is 6.57. The highest BCUT2D eigenvalue weighted by Gasteiger charge is 2.45. The number of hydrazine groups is 1. The van der Waals surface area contributed by atoms with Gasteiger partial charge < -0.3 is 14.9 Å². The van der Waals surface area contributed by atoms with Crippen molar-refractivity contribution in [2.24, 2.45) is 5.92 Å². The standard InChI is InChI=1S/C24H26FN3O6S/c25-16-3-6-21(14(10-16)2-1-8-26-28-9-7-17(29)12-28)35(32,33)27-20-5-4-18-19-11-15(19)13-34-23(18)22(20)24(30)31/h1-6,10,15,17,19,26-27,29H,7-9,11-13H2,(H,30,31)/b2-1-/t15?,17-,19?/m1/s1. The van der Waals surface area contributed by atoms with Crippen LogP contribution in [0.5, 0.6) is 5.75 Å². The third kappa shape index (κ3) is 4.90. The number of benzene rings is 2. The molecule has 186 valence electrons. The fourth-order valence-corrected chi connectivity index (χ4v) is 5.95. The van der Waals surface area contributed by atoms with E-state index >= 15 is 0 Å². The van der Waals surface area contributed by atoms with E-state index in [1.807, 2.05) is 5.01 Å². The van der Waals surface area contributed by atoms with Crippen LogP contribution in [0.15, 0.2) is 41.3 Å². The first-order valence-electron chi connectivity index (χ1n) is 11.4. The Kier molecular flexibility index (Phi) is 6.26. The van der Waals surface area contributed by atoms with E-state index in [4.69, 9.17) is 4.74 Å². The Morgan fingerprint density at radius 3 is 2.86 bits per heavy atom. The number of carbonyl (C=O) groups is 1. The van der Waals surface area contributed by atoms with Gasteiger partial charge in [-0.25, -0.2) is 22.6 Å². The Morgan fingerprint density at radius 2 is 2.11 bits per heavy atom. The number of aromatic carboxylic acids is 1. The highest BCUT2D eigenvalue weighted by Crippen LogP contribution is 2.55. The summed E-state index contributed by atoms with van der Waals surface area (Å²) in [6, 6.07) is 6.43. The normalized spacial score (nSPS) is 23.5. The van der Waals surface area contributed by atoms with Crippen molar-refractivity contribution in [1.29, 1.82) is 0 Å². The molecule has 0 spiro atoms. The summed E-state index contributed by atoms with van der Waals surface area (Å²) in [5, 5.41) is 21.3. The fourth-order valence-electron chi connectivity index (χ4n) is 4.69. The van der Waals surface area contributed by atoms with Gasteiger partial charge in [0.1, 0.15) is 17.1 Å². The zero-order valence-corrected chi connectivity index (χ0v) is 19.6. The first-order valence-corrected chi connectivity index (χ1v) is 12.9. The maximum atomic E-state index is 14.0. The highest BCUT2D eigenvalue weighted by molar-refractivity contribution is 7.92. The van der Waals surface area contributed by atoms with Crippen LogP contribution in [0, 0.1) is 11.7 Å². The van der Waals surface area contributed by atoms with Crippen LogP contribution in [0.1, 0.15) is 40.2 Å². The molecule has 2 fully saturated rings. The van der Waals surface area contributed by atoms with Crippen molar-refractivity contribution < 1.29 is 32.6 Å². The second-order valence-electron chi connectivity index (χ2n) is 9.07. The fraction of sp³-hybridized carbons (Fsp3) is 0.375.